The highest BCUT2D eigenvalue weighted by Crippen LogP contribution is 2.61. The van der Waals surface area contributed by atoms with Crippen molar-refractivity contribution in [1.82, 2.24) is 9.88 Å². The third-order valence-corrected chi connectivity index (χ3v) is 10.2. The number of ether oxygens (including phenoxy) is 4. The number of carbonyl (C=O) groups is 1. The number of rotatable bonds is 17. The van der Waals surface area contributed by atoms with E-state index in [1.54, 1.807) is 18.0 Å². The molecule has 272 valence electrons. The number of methoxy groups -OCH3 is 1. The topological polar surface area (TPSA) is 132 Å². The van der Waals surface area contributed by atoms with Crippen molar-refractivity contribution in [2.75, 3.05) is 40.6 Å². The number of aliphatic hydroxyl groups excluding tert-OH is 2. The molecule has 5 rings (SSSR count). The first-order valence-electron chi connectivity index (χ1n) is 17.9. The molecule has 11 nitrogen and oxygen atoms in total. The van der Waals surface area contributed by atoms with Crippen LogP contribution in [-0.4, -0.2) is 84.3 Å². The third-order valence-electron chi connectivity index (χ3n) is 10.2. The molecular weight excluding hydrogens is 638 g/mol. The summed E-state index contributed by atoms with van der Waals surface area (Å²) in [5.74, 6) is -0.225. The van der Waals surface area contributed by atoms with E-state index in [0.29, 0.717) is 44.0 Å². The summed E-state index contributed by atoms with van der Waals surface area (Å²) in [7, 11) is 3.06. The number of hydrogen-bond donors (Lipinski definition) is 2. The highest BCUT2D eigenvalue weighted by Gasteiger charge is 2.65. The molecule has 2 aliphatic carbocycles. The van der Waals surface area contributed by atoms with Crippen molar-refractivity contribution in [1.29, 1.82) is 0 Å². The summed E-state index contributed by atoms with van der Waals surface area (Å²) in [5, 5.41) is 24.1. The van der Waals surface area contributed by atoms with Gasteiger partial charge in [-0.05, 0) is 87.3 Å². The van der Waals surface area contributed by atoms with Crippen molar-refractivity contribution in [3.05, 3.63) is 77.7 Å². The first kappa shape index (κ1) is 37.3. The van der Waals surface area contributed by atoms with Crippen LogP contribution in [-0.2, 0) is 20.9 Å². The average Bonchev–Trinajstić information content (AvgIpc) is 3.13. The van der Waals surface area contributed by atoms with E-state index < -0.39 is 17.9 Å². The molecule has 6 atom stereocenters. The summed E-state index contributed by atoms with van der Waals surface area (Å²) in [6, 6.07) is 11.2. The Kier molecular flexibility index (Phi) is 12.9. The lowest BCUT2D eigenvalue weighted by Crippen LogP contribution is -2.69. The number of aliphatic hydroxyl groups is 2. The van der Waals surface area contributed by atoms with E-state index in [0.717, 1.165) is 53.9 Å². The van der Waals surface area contributed by atoms with Gasteiger partial charge >= 0.3 is 6.09 Å². The Bertz CT molecular complexity index is 1530. The lowest BCUT2D eigenvalue weighted by molar-refractivity contribution is -0.253. The van der Waals surface area contributed by atoms with E-state index in [-0.39, 0.29) is 43.5 Å². The van der Waals surface area contributed by atoms with Crippen molar-refractivity contribution in [3.63, 3.8) is 0 Å². The van der Waals surface area contributed by atoms with Crippen LogP contribution in [0.3, 0.4) is 0 Å². The number of unbranched alkanes of at least 4 members (excludes halogenated alkanes) is 2. The Labute approximate surface area is 295 Å². The second-order valence-electron chi connectivity index (χ2n) is 13.3. The lowest BCUT2D eigenvalue weighted by atomic mass is 9.55. The number of likely N-dealkylation sites (N-methyl/N-ethyl adjacent to an activating group) is 1. The summed E-state index contributed by atoms with van der Waals surface area (Å²) in [5.41, 5.74) is 4.48. The molecule has 1 amide bonds. The summed E-state index contributed by atoms with van der Waals surface area (Å²) >= 11 is 0. The maximum Gasteiger partial charge on any atom is 0.409 e. The van der Waals surface area contributed by atoms with Gasteiger partial charge in [-0.3, -0.25) is 4.98 Å². The molecule has 1 aromatic heterocycles. The fraction of sp³-hybridized carbons (Fsp3) is 0.564. The minimum Gasteiger partial charge on any atom is -0.487 e. The molecule has 1 saturated carbocycles. The molecule has 1 fully saturated rings. The van der Waals surface area contributed by atoms with Crippen LogP contribution in [0.2, 0.25) is 0 Å². The highest BCUT2D eigenvalue weighted by molar-refractivity contribution is 6.02. The van der Waals surface area contributed by atoms with Crippen molar-refractivity contribution in [2.24, 2.45) is 22.9 Å². The zero-order valence-corrected chi connectivity index (χ0v) is 29.9. The van der Waals surface area contributed by atoms with Gasteiger partial charge in [0.05, 0.1) is 31.0 Å². The van der Waals surface area contributed by atoms with Crippen LogP contribution in [0.25, 0.3) is 0 Å². The van der Waals surface area contributed by atoms with Gasteiger partial charge in [0.15, 0.2) is 0 Å². The number of pyridine rings is 1. The number of oxime groups is 1. The van der Waals surface area contributed by atoms with E-state index >= 15 is 0 Å². The summed E-state index contributed by atoms with van der Waals surface area (Å²) < 4.78 is 25.5. The summed E-state index contributed by atoms with van der Waals surface area (Å²) in [4.78, 5) is 25.1. The largest absolute Gasteiger partial charge is 0.487 e. The maximum atomic E-state index is 13.2. The van der Waals surface area contributed by atoms with Crippen LogP contribution in [0.5, 0.6) is 11.5 Å². The molecule has 0 unspecified atom stereocenters. The zero-order valence-electron chi connectivity index (χ0n) is 29.9. The minimum absolute atomic E-state index is 0.116. The van der Waals surface area contributed by atoms with Gasteiger partial charge in [0.2, 0.25) is 5.79 Å². The lowest BCUT2D eigenvalue weighted by Gasteiger charge is -2.59. The first-order valence-corrected chi connectivity index (χ1v) is 17.9. The van der Waals surface area contributed by atoms with Gasteiger partial charge in [0.25, 0.3) is 0 Å². The number of allylic oxidation sites excluding steroid dienone is 1. The van der Waals surface area contributed by atoms with Gasteiger partial charge in [-0.1, -0.05) is 36.2 Å². The summed E-state index contributed by atoms with van der Waals surface area (Å²) in [6.45, 7) is 8.94. The number of amides is 1. The molecule has 50 heavy (non-hydrogen) atoms. The minimum atomic E-state index is -1.31. The number of aromatic nitrogens is 1. The summed E-state index contributed by atoms with van der Waals surface area (Å²) in [6.07, 6.45) is 8.62. The van der Waals surface area contributed by atoms with E-state index in [1.165, 1.54) is 7.11 Å². The Morgan fingerprint density at radius 1 is 1.16 bits per heavy atom. The fourth-order valence-electron chi connectivity index (χ4n) is 8.07. The molecule has 2 aromatic rings. The monoisotopic (exact) mass is 691 g/mol. The molecule has 1 aliphatic heterocycles. The predicted molar refractivity (Wildman–Crippen MR) is 190 cm³/mol. The molecule has 11 heteroatoms. The van der Waals surface area contributed by atoms with Crippen LogP contribution in [0.1, 0.15) is 74.7 Å². The van der Waals surface area contributed by atoms with Gasteiger partial charge in [0.1, 0.15) is 30.8 Å². The van der Waals surface area contributed by atoms with Gasteiger partial charge in [-0.15, -0.1) is 6.58 Å². The van der Waals surface area contributed by atoms with Crippen molar-refractivity contribution < 1.29 is 38.8 Å². The smallest absolute Gasteiger partial charge is 0.409 e. The van der Waals surface area contributed by atoms with Crippen LogP contribution < -0.4 is 9.47 Å². The highest BCUT2D eigenvalue weighted by atomic mass is 16.7. The van der Waals surface area contributed by atoms with E-state index in [4.69, 9.17) is 23.8 Å². The van der Waals surface area contributed by atoms with Crippen molar-refractivity contribution in [3.8, 4) is 11.5 Å². The van der Waals surface area contributed by atoms with E-state index in [2.05, 4.69) is 28.9 Å². The Hall–Kier alpha value is -3.93. The zero-order chi connectivity index (χ0) is 35.7. The van der Waals surface area contributed by atoms with Crippen molar-refractivity contribution >= 4 is 11.8 Å². The molecule has 1 aromatic carbocycles. The second-order valence-corrected chi connectivity index (χ2v) is 13.3. The Balaban J connectivity index is 1.71. The predicted octanol–water partition coefficient (Wildman–Crippen LogP) is 6.32. The third kappa shape index (κ3) is 7.85. The molecule has 3 aliphatic rings. The molecular formula is C39H53N3O8. The SMILES string of the molecule is C=CCO[C@@]12Oc3ccc(OCc4cccc(C)n4)cc3[C@H]3[C@H](CCCCO)[C@@H](CCCCO)C=C(C(=NOCC)C[C@@H]1N(C)C(=O)OC)[C@H]32. The molecule has 0 radical (unpaired) electrons. The number of fused-ring (bicyclic) bond motifs is 2. The van der Waals surface area contributed by atoms with Gasteiger partial charge in [0, 0.05) is 43.9 Å². The van der Waals surface area contributed by atoms with Crippen LogP contribution in [0.15, 0.2) is 65.9 Å². The first-order chi connectivity index (χ1) is 24.3. The standard InChI is InChI=1S/C39H53N3O8/c1-6-21-48-39-35(42(4)38(45)46-5)24-33(41-49-7-2)31-22-27(14-8-10-19-43)30(16-9-11-20-44)36(37(31)39)32-23-29(17-18-34(32)50-39)47-25-28-15-12-13-26(3)40-28/h6,12-13,15,17-18,22-23,27,30,35-37,43-44H,1,7-11,14,16,19-21,24-25H2,2-5H3/t27-,30+,35-,36+,37+,39+/m0/s1. The van der Waals surface area contributed by atoms with Crippen LogP contribution >= 0.6 is 0 Å². The normalized spacial score (nSPS) is 25.8. The Morgan fingerprint density at radius 2 is 1.94 bits per heavy atom. The van der Waals surface area contributed by atoms with Gasteiger partial charge in [-0.25, -0.2) is 4.79 Å². The van der Waals surface area contributed by atoms with Gasteiger partial charge in [-0.2, -0.15) is 0 Å². The number of carbonyl (C=O) groups excluding carboxylic acids is 1. The van der Waals surface area contributed by atoms with E-state index in [1.807, 2.05) is 44.2 Å². The van der Waals surface area contributed by atoms with Crippen LogP contribution in [0, 0.1) is 24.7 Å². The average molecular weight is 692 g/mol. The molecule has 0 spiro atoms. The second kappa shape index (κ2) is 17.3. The molecule has 0 saturated heterocycles. The quantitative estimate of drug-likeness (QED) is 0.111. The van der Waals surface area contributed by atoms with Crippen molar-refractivity contribution in [2.45, 2.75) is 83.1 Å². The number of aryl methyl sites for hydroxylation is 1. The molecule has 0 bridgehead atoms. The number of nitrogens with zero attached hydrogens (tertiary/aromatic N) is 3. The number of hydrogen-bond acceptors (Lipinski definition) is 10. The van der Waals surface area contributed by atoms with Gasteiger partial charge < -0.3 is 38.9 Å². The molecule has 2 N–H and O–H groups in total. The Morgan fingerprint density at radius 3 is 2.64 bits per heavy atom. The van der Waals surface area contributed by atoms with E-state index in [9.17, 15) is 15.0 Å². The maximum absolute atomic E-state index is 13.2. The molecule has 2 heterocycles. The number of benzene rings is 1. The fourth-order valence-corrected chi connectivity index (χ4v) is 8.07. The van der Waals surface area contributed by atoms with Crippen LogP contribution in [0.4, 0.5) is 4.79 Å².